The van der Waals surface area contributed by atoms with E-state index in [1.165, 1.54) is 7.05 Å². The fourth-order valence-electron chi connectivity index (χ4n) is 2.71. The first-order chi connectivity index (χ1) is 8.07. The molecule has 1 aromatic heterocycles. The Kier molecular flexibility index (Phi) is 2.76. The maximum Gasteiger partial charge on any atom is 0.435 e. The molecule has 102 valence electrons. The van der Waals surface area contributed by atoms with E-state index < -0.39 is 17.3 Å². The van der Waals surface area contributed by atoms with E-state index in [-0.39, 0.29) is 22.7 Å². The first kappa shape index (κ1) is 13.7. The predicted octanol–water partition coefficient (Wildman–Crippen LogP) is 2.72. The minimum atomic E-state index is -4.51. The highest BCUT2D eigenvalue weighted by atomic mass is 35.5. The lowest BCUT2D eigenvalue weighted by Crippen LogP contribution is -2.28. The van der Waals surface area contributed by atoms with Crippen molar-refractivity contribution in [1.82, 2.24) is 9.78 Å². The van der Waals surface area contributed by atoms with Crippen molar-refractivity contribution in [3.63, 3.8) is 0 Å². The maximum atomic E-state index is 13.0. The van der Waals surface area contributed by atoms with Gasteiger partial charge in [0.05, 0.1) is 0 Å². The Morgan fingerprint density at radius 1 is 1.44 bits per heavy atom. The molecule has 1 unspecified atom stereocenters. The zero-order valence-electron chi connectivity index (χ0n) is 10.4. The Bertz CT molecular complexity index is 492. The molecule has 1 atom stereocenters. The van der Waals surface area contributed by atoms with E-state index in [9.17, 15) is 13.2 Å². The zero-order chi connectivity index (χ0) is 13.9. The van der Waals surface area contributed by atoms with Gasteiger partial charge in [-0.1, -0.05) is 25.4 Å². The van der Waals surface area contributed by atoms with E-state index in [1.54, 1.807) is 0 Å². The summed E-state index contributed by atoms with van der Waals surface area (Å²) in [4.78, 5) is 0. The van der Waals surface area contributed by atoms with Crippen molar-refractivity contribution >= 4 is 11.6 Å². The maximum absolute atomic E-state index is 13.0. The van der Waals surface area contributed by atoms with Crippen molar-refractivity contribution in [3.8, 4) is 0 Å². The molecule has 18 heavy (non-hydrogen) atoms. The highest BCUT2D eigenvalue weighted by molar-refractivity contribution is 6.30. The number of rotatable bonds is 2. The third-order valence-corrected chi connectivity index (χ3v) is 4.42. The summed E-state index contributed by atoms with van der Waals surface area (Å²) < 4.78 is 40.1. The lowest BCUT2D eigenvalue weighted by atomic mass is 9.88. The lowest BCUT2D eigenvalue weighted by molar-refractivity contribution is -0.142. The Morgan fingerprint density at radius 2 is 1.94 bits per heavy atom. The minimum Gasteiger partial charge on any atom is -0.330 e. The smallest absolute Gasteiger partial charge is 0.330 e. The van der Waals surface area contributed by atoms with Gasteiger partial charge in [0.2, 0.25) is 0 Å². The van der Waals surface area contributed by atoms with Crippen molar-refractivity contribution in [2.24, 2.45) is 18.2 Å². The van der Waals surface area contributed by atoms with Gasteiger partial charge in [0, 0.05) is 24.6 Å². The van der Waals surface area contributed by atoms with E-state index in [1.807, 2.05) is 13.8 Å². The van der Waals surface area contributed by atoms with Crippen molar-refractivity contribution < 1.29 is 13.2 Å². The topological polar surface area (TPSA) is 43.8 Å². The summed E-state index contributed by atoms with van der Waals surface area (Å²) in [5.74, 6) is 0. The van der Waals surface area contributed by atoms with Crippen LogP contribution in [0.15, 0.2) is 0 Å². The molecule has 0 aliphatic heterocycles. The Hall–Kier alpha value is -0.750. The third-order valence-electron chi connectivity index (χ3n) is 3.99. The van der Waals surface area contributed by atoms with E-state index in [0.29, 0.717) is 6.42 Å². The Labute approximate surface area is 108 Å². The standard InChI is InChI=1S/C11H15ClF3N3/c1-9(2)4-10(9,5-16)6-7(11(13,14)15)17-18(3)8(6)12/h4-5,16H2,1-3H3. The molecule has 2 N–H and O–H groups in total. The number of halogens is 4. The fourth-order valence-corrected chi connectivity index (χ4v) is 3.02. The largest absolute Gasteiger partial charge is 0.435 e. The van der Waals surface area contributed by atoms with Gasteiger partial charge in [0.15, 0.2) is 5.69 Å². The second-order valence-corrected chi connectivity index (χ2v) is 5.84. The molecule has 1 fully saturated rings. The van der Waals surface area contributed by atoms with Crippen molar-refractivity contribution in [2.75, 3.05) is 6.54 Å². The average Bonchev–Trinajstić information content (AvgIpc) is 2.64. The summed E-state index contributed by atoms with van der Waals surface area (Å²) in [6.07, 6.45) is -3.92. The third kappa shape index (κ3) is 1.66. The van der Waals surface area contributed by atoms with Crippen molar-refractivity contribution in [2.45, 2.75) is 31.9 Å². The van der Waals surface area contributed by atoms with Gasteiger partial charge < -0.3 is 5.73 Å². The van der Waals surface area contributed by atoms with Crippen LogP contribution in [0.3, 0.4) is 0 Å². The van der Waals surface area contributed by atoms with E-state index in [4.69, 9.17) is 17.3 Å². The van der Waals surface area contributed by atoms with Crippen LogP contribution in [0.2, 0.25) is 5.15 Å². The molecule has 0 amide bonds. The molecule has 1 aliphatic rings. The molecule has 7 heteroatoms. The van der Waals surface area contributed by atoms with Gasteiger partial charge in [-0.25, -0.2) is 0 Å². The number of alkyl halides is 3. The van der Waals surface area contributed by atoms with Gasteiger partial charge >= 0.3 is 6.18 Å². The Balaban J connectivity index is 2.65. The molecule has 0 radical (unpaired) electrons. The van der Waals surface area contributed by atoms with Gasteiger partial charge in [0.25, 0.3) is 0 Å². The predicted molar refractivity (Wildman–Crippen MR) is 62.4 cm³/mol. The second-order valence-electron chi connectivity index (χ2n) is 5.48. The molecular weight excluding hydrogens is 267 g/mol. The molecule has 0 spiro atoms. The first-order valence-corrected chi connectivity index (χ1v) is 5.95. The lowest BCUT2D eigenvalue weighted by Gasteiger charge is -2.20. The second kappa shape index (κ2) is 3.63. The minimum absolute atomic E-state index is 0.0263. The first-order valence-electron chi connectivity index (χ1n) is 5.57. The highest BCUT2D eigenvalue weighted by Crippen LogP contribution is 2.66. The van der Waals surface area contributed by atoms with E-state index in [2.05, 4.69) is 5.10 Å². The van der Waals surface area contributed by atoms with Gasteiger partial charge in [-0.15, -0.1) is 0 Å². The van der Waals surface area contributed by atoms with E-state index in [0.717, 1.165) is 4.68 Å². The summed E-state index contributed by atoms with van der Waals surface area (Å²) in [7, 11) is 1.40. The molecule has 1 aromatic rings. The zero-order valence-corrected chi connectivity index (χ0v) is 11.2. The van der Waals surface area contributed by atoms with Crippen LogP contribution in [0.4, 0.5) is 13.2 Å². The van der Waals surface area contributed by atoms with Crippen LogP contribution in [0.25, 0.3) is 0 Å². The molecule has 1 saturated carbocycles. The molecular formula is C11H15ClF3N3. The number of aryl methyl sites for hydroxylation is 1. The summed E-state index contributed by atoms with van der Waals surface area (Å²) in [6.45, 7) is 3.92. The average molecular weight is 282 g/mol. The summed E-state index contributed by atoms with van der Waals surface area (Å²) in [5.41, 5.74) is 3.84. The summed E-state index contributed by atoms with van der Waals surface area (Å²) in [6, 6.07) is 0. The molecule has 0 aromatic carbocycles. The quantitative estimate of drug-likeness (QED) is 0.906. The normalized spacial score (nSPS) is 26.4. The molecule has 1 aliphatic carbocycles. The van der Waals surface area contributed by atoms with Crippen LogP contribution in [0.5, 0.6) is 0 Å². The van der Waals surface area contributed by atoms with E-state index >= 15 is 0 Å². The van der Waals surface area contributed by atoms with Crippen LogP contribution in [-0.2, 0) is 18.6 Å². The van der Waals surface area contributed by atoms with Crippen molar-refractivity contribution in [1.29, 1.82) is 0 Å². The summed E-state index contributed by atoms with van der Waals surface area (Å²) >= 11 is 6.00. The molecule has 1 heterocycles. The van der Waals surface area contributed by atoms with Crippen LogP contribution < -0.4 is 5.73 Å². The Morgan fingerprint density at radius 3 is 2.28 bits per heavy atom. The molecule has 3 nitrogen and oxygen atoms in total. The monoisotopic (exact) mass is 281 g/mol. The van der Waals surface area contributed by atoms with Gasteiger partial charge in [0.1, 0.15) is 5.15 Å². The van der Waals surface area contributed by atoms with Crippen LogP contribution in [0, 0.1) is 5.41 Å². The molecule has 0 saturated heterocycles. The number of hydrogen-bond acceptors (Lipinski definition) is 2. The van der Waals surface area contributed by atoms with Gasteiger partial charge in [-0.05, 0) is 11.8 Å². The molecule has 0 bridgehead atoms. The van der Waals surface area contributed by atoms with Crippen molar-refractivity contribution in [3.05, 3.63) is 16.4 Å². The van der Waals surface area contributed by atoms with Gasteiger partial charge in [-0.2, -0.15) is 18.3 Å². The highest BCUT2D eigenvalue weighted by Gasteiger charge is 2.65. The van der Waals surface area contributed by atoms with Crippen LogP contribution >= 0.6 is 11.6 Å². The number of nitrogens with two attached hydrogens (primary N) is 1. The molecule has 2 rings (SSSR count). The van der Waals surface area contributed by atoms with Crippen LogP contribution in [0.1, 0.15) is 31.5 Å². The number of hydrogen-bond donors (Lipinski definition) is 1. The van der Waals surface area contributed by atoms with Crippen LogP contribution in [-0.4, -0.2) is 16.3 Å². The number of aromatic nitrogens is 2. The fraction of sp³-hybridized carbons (Fsp3) is 0.727. The summed E-state index contributed by atoms with van der Waals surface area (Å²) in [5, 5.41) is 3.53. The van der Waals surface area contributed by atoms with Gasteiger partial charge in [-0.3, -0.25) is 4.68 Å². The number of nitrogens with zero attached hydrogens (tertiary/aromatic N) is 2. The SMILES string of the molecule is Cn1nc(C(F)(F)F)c(C2(CN)CC2(C)C)c1Cl.